The van der Waals surface area contributed by atoms with Crippen molar-refractivity contribution >= 4 is 10.8 Å². The average Bonchev–Trinajstić information content (AvgIpc) is 2.46. The van der Waals surface area contributed by atoms with E-state index in [1.165, 1.54) is 0 Å². The van der Waals surface area contributed by atoms with E-state index in [1.807, 2.05) is 0 Å². The zero-order valence-electron chi connectivity index (χ0n) is 11.8. The molecule has 2 aromatic carbocycles. The van der Waals surface area contributed by atoms with Crippen LogP contribution in [0.4, 0.5) is 48.3 Å². The average molecular weight is 393 g/mol. The molecule has 0 aliphatic heterocycles. The quantitative estimate of drug-likeness (QED) is 0.455. The third kappa shape index (κ3) is 2.81. The second kappa shape index (κ2) is 6.00. The van der Waals surface area contributed by atoms with Crippen LogP contribution in [0.3, 0.4) is 0 Å². The molecule has 0 N–H and O–H groups in total. The Morgan fingerprint density at radius 1 is 0.615 bits per heavy atom. The number of fused-ring (bicyclic) bond motifs is 1. The first kappa shape index (κ1) is 19.7. The lowest BCUT2D eigenvalue weighted by Gasteiger charge is -2.19. The van der Waals surface area contributed by atoms with Gasteiger partial charge in [-0.2, -0.15) is 31.6 Å². The van der Waals surface area contributed by atoms with Crippen LogP contribution in [0.1, 0.15) is 16.7 Å². The van der Waals surface area contributed by atoms with Crippen LogP contribution in [-0.2, 0) is 18.8 Å². The molecule has 0 spiro atoms. The Kier molecular flexibility index (Phi) is 4.55. The smallest absolute Gasteiger partial charge is 0.205 e. The Bertz CT molecular complexity index is 947. The Morgan fingerprint density at radius 3 is 1.50 bits per heavy atom. The molecular formula is C14H2F11N. The van der Waals surface area contributed by atoms with Gasteiger partial charge < -0.3 is 0 Å². The van der Waals surface area contributed by atoms with Crippen LogP contribution in [0.15, 0.2) is 0 Å². The van der Waals surface area contributed by atoms with Gasteiger partial charge in [-0.05, 0) is 0 Å². The molecule has 0 aromatic heterocycles. The van der Waals surface area contributed by atoms with Crippen molar-refractivity contribution in [3.05, 3.63) is 45.8 Å². The minimum atomic E-state index is -5.95. The van der Waals surface area contributed by atoms with Crippen LogP contribution in [0, 0.1) is 40.4 Å². The van der Waals surface area contributed by atoms with E-state index < -0.39 is 75.3 Å². The van der Waals surface area contributed by atoms with Crippen molar-refractivity contribution in [2.75, 3.05) is 0 Å². The second-order valence-corrected chi connectivity index (χ2v) is 4.88. The highest BCUT2D eigenvalue weighted by Gasteiger charge is 2.45. The number of alkyl halides is 6. The molecular weight excluding hydrogens is 391 g/mol. The second-order valence-electron chi connectivity index (χ2n) is 4.88. The Morgan fingerprint density at radius 2 is 1.08 bits per heavy atom. The molecule has 0 fully saturated rings. The van der Waals surface area contributed by atoms with Gasteiger partial charge in [-0.15, -0.1) is 0 Å². The van der Waals surface area contributed by atoms with Gasteiger partial charge in [0.1, 0.15) is 11.4 Å². The van der Waals surface area contributed by atoms with Gasteiger partial charge >= 0.3 is 12.4 Å². The minimum Gasteiger partial charge on any atom is -0.205 e. The summed E-state index contributed by atoms with van der Waals surface area (Å²) >= 11 is 0. The lowest BCUT2D eigenvalue weighted by Crippen LogP contribution is -2.19. The molecule has 12 heteroatoms. The fourth-order valence-corrected chi connectivity index (χ4v) is 2.41. The summed E-state index contributed by atoms with van der Waals surface area (Å²) in [6.07, 6.45) is -13.2. The fourth-order valence-electron chi connectivity index (χ4n) is 2.41. The van der Waals surface area contributed by atoms with Crippen LogP contribution < -0.4 is 0 Å². The minimum absolute atomic E-state index is 1.02. The highest BCUT2D eigenvalue weighted by atomic mass is 19.4. The summed E-state index contributed by atoms with van der Waals surface area (Å²) in [6, 6.07) is 1.02. The lowest BCUT2D eigenvalue weighted by molar-refractivity contribution is -0.142. The van der Waals surface area contributed by atoms with E-state index >= 15 is 0 Å². The van der Waals surface area contributed by atoms with Crippen molar-refractivity contribution in [1.29, 1.82) is 5.26 Å². The summed E-state index contributed by atoms with van der Waals surface area (Å²) in [5.74, 6) is -14.0. The number of nitriles is 1. The summed E-state index contributed by atoms with van der Waals surface area (Å²) in [7, 11) is 0. The van der Waals surface area contributed by atoms with Crippen LogP contribution in [0.2, 0.25) is 0 Å². The molecule has 0 atom stereocenters. The number of halogens is 11. The monoisotopic (exact) mass is 393 g/mol. The molecule has 1 nitrogen and oxygen atoms in total. The molecule has 0 saturated heterocycles. The fraction of sp³-hybridized carbons (Fsp3) is 0.214. The molecule has 0 unspecified atom stereocenters. The normalized spacial score (nSPS) is 12.5. The third-order valence-electron chi connectivity index (χ3n) is 3.37. The van der Waals surface area contributed by atoms with E-state index in [9.17, 15) is 48.3 Å². The first-order valence-electron chi connectivity index (χ1n) is 6.26. The van der Waals surface area contributed by atoms with Gasteiger partial charge in [0, 0.05) is 10.9 Å². The Hall–Kier alpha value is -2.58. The molecule has 0 saturated carbocycles. The summed E-state index contributed by atoms with van der Waals surface area (Å²) in [4.78, 5) is 0. The highest BCUT2D eigenvalue weighted by molar-refractivity contribution is 5.90. The van der Waals surface area contributed by atoms with E-state index in [-0.39, 0.29) is 0 Å². The van der Waals surface area contributed by atoms with E-state index in [0.29, 0.717) is 0 Å². The maximum absolute atomic E-state index is 14.0. The number of hydrogen-bond donors (Lipinski definition) is 0. The van der Waals surface area contributed by atoms with Gasteiger partial charge in [0.05, 0.1) is 23.4 Å². The van der Waals surface area contributed by atoms with Crippen molar-refractivity contribution in [2.45, 2.75) is 18.8 Å². The predicted molar refractivity (Wildman–Crippen MR) is 63.1 cm³/mol. The van der Waals surface area contributed by atoms with Gasteiger partial charge in [0.2, 0.25) is 0 Å². The Labute approximate surface area is 136 Å². The van der Waals surface area contributed by atoms with Crippen molar-refractivity contribution in [1.82, 2.24) is 0 Å². The molecule has 26 heavy (non-hydrogen) atoms. The first-order chi connectivity index (χ1) is 11.7. The van der Waals surface area contributed by atoms with Gasteiger partial charge in [0.25, 0.3) is 0 Å². The van der Waals surface area contributed by atoms with Gasteiger partial charge in [-0.3, -0.25) is 0 Å². The molecule has 0 aliphatic carbocycles. The summed E-state index contributed by atoms with van der Waals surface area (Å²) < 4.78 is 147. The third-order valence-corrected chi connectivity index (χ3v) is 3.37. The predicted octanol–water partition coefficient (Wildman–Crippen LogP) is 5.64. The lowest BCUT2D eigenvalue weighted by atomic mass is 9.93. The largest absolute Gasteiger partial charge is 0.422 e. The van der Waals surface area contributed by atoms with E-state index in [4.69, 9.17) is 5.26 Å². The van der Waals surface area contributed by atoms with Crippen LogP contribution in [0.25, 0.3) is 10.8 Å². The van der Waals surface area contributed by atoms with Crippen LogP contribution >= 0.6 is 0 Å². The summed E-state index contributed by atoms with van der Waals surface area (Å²) in [6.45, 7) is 0. The highest BCUT2D eigenvalue weighted by Crippen LogP contribution is 2.45. The van der Waals surface area contributed by atoms with E-state index in [0.717, 1.165) is 6.07 Å². The van der Waals surface area contributed by atoms with Gasteiger partial charge in [0.15, 0.2) is 23.3 Å². The molecule has 0 aliphatic rings. The van der Waals surface area contributed by atoms with Crippen molar-refractivity contribution in [3.8, 4) is 6.07 Å². The summed E-state index contributed by atoms with van der Waals surface area (Å²) in [5.41, 5.74) is -7.28. The molecule has 0 amide bonds. The van der Waals surface area contributed by atoms with Crippen LogP contribution in [0.5, 0.6) is 0 Å². The zero-order valence-corrected chi connectivity index (χ0v) is 11.8. The Balaban J connectivity index is 3.28. The van der Waals surface area contributed by atoms with Gasteiger partial charge in [-0.25, -0.2) is 22.0 Å². The van der Waals surface area contributed by atoms with Crippen molar-refractivity contribution in [3.63, 3.8) is 0 Å². The number of benzene rings is 2. The number of hydrogen-bond acceptors (Lipinski definition) is 1. The SMILES string of the molecule is N#CCc1c(F)c(F)c2c(F)c(C(F)(F)F)c(F)c(F)c2c1C(F)(F)F. The molecule has 0 radical (unpaired) electrons. The van der Waals surface area contributed by atoms with Crippen molar-refractivity contribution < 1.29 is 48.3 Å². The zero-order chi connectivity index (χ0) is 20.2. The maximum atomic E-state index is 14.0. The standard InChI is InChI=1S/C14H2F11N/c15-8-3(1-2-26)6(13(20,21)22)4-5(11(8)18)9(16)7(14(23,24)25)12(19)10(4)17/h1H2. The molecule has 0 heterocycles. The molecule has 2 rings (SSSR count). The van der Waals surface area contributed by atoms with Gasteiger partial charge in [-0.1, -0.05) is 0 Å². The number of nitrogens with zero attached hydrogens (tertiary/aromatic N) is 1. The first-order valence-corrected chi connectivity index (χ1v) is 6.26. The van der Waals surface area contributed by atoms with Crippen molar-refractivity contribution in [2.24, 2.45) is 0 Å². The topological polar surface area (TPSA) is 23.8 Å². The molecule has 0 bridgehead atoms. The van der Waals surface area contributed by atoms with Crippen LogP contribution in [-0.4, -0.2) is 0 Å². The number of rotatable bonds is 1. The molecule has 140 valence electrons. The molecule has 2 aromatic rings. The van der Waals surface area contributed by atoms with E-state index in [1.54, 1.807) is 0 Å². The van der Waals surface area contributed by atoms with E-state index in [2.05, 4.69) is 0 Å². The summed E-state index contributed by atoms with van der Waals surface area (Å²) in [5, 5.41) is 3.80. The maximum Gasteiger partial charge on any atom is 0.422 e.